The summed E-state index contributed by atoms with van der Waals surface area (Å²) in [5.74, 6) is 0.0989. The first-order valence-electron chi connectivity index (χ1n) is 5.55. The van der Waals surface area contributed by atoms with Gasteiger partial charge in [0.15, 0.2) is 0 Å². The van der Waals surface area contributed by atoms with E-state index in [2.05, 4.69) is 6.92 Å². The minimum atomic E-state index is -0.313. The van der Waals surface area contributed by atoms with Gasteiger partial charge in [0.25, 0.3) is 0 Å². The van der Waals surface area contributed by atoms with Crippen molar-refractivity contribution in [1.82, 2.24) is 0 Å². The Labute approximate surface area is 82.0 Å². The molecule has 0 aliphatic heterocycles. The van der Waals surface area contributed by atoms with Gasteiger partial charge in [0.1, 0.15) is 0 Å². The molecule has 0 aliphatic rings. The van der Waals surface area contributed by atoms with Gasteiger partial charge in [-0.15, -0.1) is 0 Å². The van der Waals surface area contributed by atoms with Crippen LogP contribution >= 0.6 is 0 Å². The van der Waals surface area contributed by atoms with E-state index in [0.29, 0.717) is 0 Å². The standard InChI is InChI=1S/C11H24O2/c1-3-5-6-7-8-10(9-12)11(13)4-2/h10-13H,3-9H2,1-2H3. The lowest BCUT2D eigenvalue weighted by Crippen LogP contribution is -2.22. The highest BCUT2D eigenvalue weighted by Gasteiger charge is 2.15. The molecule has 2 N–H and O–H groups in total. The molecule has 80 valence electrons. The van der Waals surface area contributed by atoms with E-state index in [1.165, 1.54) is 19.3 Å². The van der Waals surface area contributed by atoms with Crippen molar-refractivity contribution in [3.8, 4) is 0 Å². The first-order valence-corrected chi connectivity index (χ1v) is 5.55. The minimum Gasteiger partial charge on any atom is -0.396 e. The highest BCUT2D eigenvalue weighted by molar-refractivity contribution is 4.66. The largest absolute Gasteiger partial charge is 0.396 e. The van der Waals surface area contributed by atoms with Crippen molar-refractivity contribution < 1.29 is 10.2 Å². The van der Waals surface area contributed by atoms with E-state index in [-0.39, 0.29) is 18.6 Å². The Kier molecular flexibility index (Phi) is 8.46. The molecule has 2 atom stereocenters. The van der Waals surface area contributed by atoms with Crippen molar-refractivity contribution in [3.63, 3.8) is 0 Å². The molecule has 0 amide bonds. The van der Waals surface area contributed by atoms with Crippen molar-refractivity contribution >= 4 is 0 Å². The predicted molar refractivity (Wildman–Crippen MR) is 55.6 cm³/mol. The molecule has 0 aromatic carbocycles. The lowest BCUT2D eigenvalue weighted by molar-refractivity contribution is 0.0583. The fourth-order valence-electron chi connectivity index (χ4n) is 1.57. The van der Waals surface area contributed by atoms with Crippen LogP contribution in [0.4, 0.5) is 0 Å². The molecule has 0 radical (unpaired) electrons. The van der Waals surface area contributed by atoms with E-state index in [4.69, 9.17) is 5.11 Å². The fraction of sp³-hybridized carbons (Fsp3) is 1.00. The fourth-order valence-corrected chi connectivity index (χ4v) is 1.57. The van der Waals surface area contributed by atoms with E-state index in [1.54, 1.807) is 0 Å². The normalized spacial score (nSPS) is 15.7. The lowest BCUT2D eigenvalue weighted by Gasteiger charge is -2.19. The molecule has 0 fully saturated rings. The van der Waals surface area contributed by atoms with Gasteiger partial charge in [-0.05, 0) is 12.8 Å². The van der Waals surface area contributed by atoms with E-state index in [0.717, 1.165) is 19.3 Å². The Morgan fingerprint density at radius 1 is 1.08 bits per heavy atom. The van der Waals surface area contributed by atoms with Crippen LogP contribution in [0.1, 0.15) is 52.4 Å². The first kappa shape index (κ1) is 12.9. The highest BCUT2D eigenvalue weighted by atomic mass is 16.3. The van der Waals surface area contributed by atoms with Crippen LogP contribution in [0.15, 0.2) is 0 Å². The number of hydrogen-bond acceptors (Lipinski definition) is 2. The summed E-state index contributed by atoms with van der Waals surface area (Å²) in [4.78, 5) is 0. The molecule has 0 saturated carbocycles. The number of hydrogen-bond donors (Lipinski definition) is 2. The zero-order valence-electron chi connectivity index (χ0n) is 9.00. The Morgan fingerprint density at radius 2 is 1.77 bits per heavy atom. The van der Waals surface area contributed by atoms with Gasteiger partial charge in [0.2, 0.25) is 0 Å². The maximum atomic E-state index is 9.51. The van der Waals surface area contributed by atoms with Gasteiger partial charge in [0.05, 0.1) is 6.10 Å². The molecule has 2 heteroatoms. The van der Waals surface area contributed by atoms with Gasteiger partial charge >= 0.3 is 0 Å². The number of aliphatic hydroxyl groups excluding tert-OH is 2. The van der Waals surface area contributed by atoms with Crippen molar-refractivity contribution in [1.29, 1.82) is 0 Å². The molecule has 13 heavy (non-hydrogen) atoms. The Hall–Kier alpha value is -0.0800. The summed E-state index contributed by atoms with van der Waals surface area (Å²) in [6.07, 6.45) is 6.26. The van der Waals surface area contributed by atoms with E-state index in [9.17, 15) is 5.11 Å². The number of unbranched alkanes of at least 4 members (excludes halogenated alkanes) is 3. The van der Waals surface area contributed by atoms with Crippen LogP contribution in [-0.4, -0.2) is 22.9 Å². The SMILES string of the molecule is CCCCCCC(CO)C(O)CC. The first-order chi connectivity index (χ1) is 6.26. The molecule has 0 aliphatic carbocycles. The average molecular weight is 188 g/mol. The van der Waals surface area contributed by atoms with Crippen LogP contribution in [0.5, 0.6) is 0 Å². The van der Waals surface area contributed by atoms with E-state index < -0.39 is 0 Å². The third-order valence-corrected chi connectivity index (χ3v) is 2.63. The molecule has 0 aromatic heterocycles. The summed E-state index contributed by atoms with van der Waals surface area (Å²) in [6.45, 7) is 4.27. The minimum absolute atomic E-state index is 0.0989. The van der Waals surface area contributed by atoms with Gasteiger partial charge in [-0.25, -0.2) is 0 Å². The molecule has 0 spiro atoms. The van der Waals surface area contributed by atoms with Crippen LogP contribution in [-0.2, 0) is 0 Å². The van der Waals surface area contributed by atoms with Gasteiger partial charge in [-0.2, -0.15) is 0 Å². The maximum Gasteiger partial charge on any atom is 0.0587 e. The van der Waals surface area contributed by atoms with Gasteiger partial charge in [0, 0.05) is 12.5 Å². The van der Waals surface area contributed by atoms with Crippen LogP contribution in [0.3, 0.4) is 0 Å². The zero-order valence-corrected chi connectivity index (χ0v) is 9.00. The third-order valence-electron chi connectivity index (χ3n) is 2.63. The average Bonchev–Trinajstić information content (AvgIpc) is 2.17. The quantitative estimate of drug-likeness (QED) is 0.574. The van der Waals surface area contributed by atoms with Crippen molar-refractivity contribution in [2.75, 3.05) is 6.61 Å². The molecule has 0 aromatic rings. The van der Waals surface area contributed by atoms with Gasteiger partial charge in [-0.3, -0.25) is 0 Å². The highest BCUT2D eigenvalue weighted by Crippen LogP contribution is 2.16. The number of aliphatic hydroxyl groups is 2. The lowest BCUT2D eigenvalue weighted by atomic mass is 9.94. The molecule has 2 nitrogen and oxygen atoms in total. The van der Waals surface area contributed by atoms with Crippen molar-refractivity contribution in [2.24, 2.45) is 5.92 Å². The smallest absolute Gasteiger partial charge is 0.0587 e. The monoisotopic (exact) mass is 188 g/mol. The van der Waals surface area contributed by atoms with Gasteiger partial charge < -0.3 is 10.2 Å². The van der Waals surface area contributed by atoms with E-state index >= 15 is 0 Å². The molecular weight excluding hydrogens is 164 g/mol. The Morgan fingerprint density at radius 3 is 2.23 bits per heavy atom. The molecule has 2 unspecified atom stereocenters. The van der Waals surface area contributed by atoms with Crippen molar-refractivity contribution in [3.05, 3.63) is 0 Å². The molecule has 0 saturated heterocycles. The van der Waals surface area contributed by atoms with Gasteiger partial charge in [-0.1, -0.05) is 39.5 Å². The number of rotatable bonds is 8. The summed E-state index contributed by atoms with van der Waals surface area (Å²) in [7, 11) is 0. The zero-order chi connectivity index (χ0) is 10.1. The summed E-state index contributed by atoms with van der Waals surface area (Å²) in [5, 5.41) is 18.5. The second kappa shape index (κ2) is 8.52. The van der Waals surface area contributed by atoms with E-state index in [1.807, 2.05) is 6.92 Å². The summed E-state index contributed by atoms with van der Waals surface area (Å²) >= 11 is 0. The molecule has 0 rings (SSSR count). The topological polar surface area (TPSA) is 40.5 Å². The Balaban J connectivity index is 3.47. The predicted octanol–water partition coefficient (Wildman–Crippen LogP) is 2.34. The molecular formula is C11H24O2. The molecule has 0 bridgehead atoms. The van der Waals surface area contributed by atoms with Crippen LogP contribution in [0.25, 0.3) is 0 Å². The summed E-state index contributed by atoms with van der Waals surface area (Å²) < 4.78 is 0. The second-order valence-corrected chi connectivity index (χ2v) is 3.77. The van der Waals surface area contributed by atoms with Crippen molar-refractivity contribution in [2.45, 2.75) is 58.5 Å². The second-order valence-electron chi connectivity index (χ2n) is 3.77. The maximum absolute atomic E-state index is 9.51. The van der Waals surface area contributed by atoms with Crippen LogP contribution in [0, 0.1) is 5.92 Å². The van der Waals surface area contributed by atoms with Crippen LogP contribution in [0.2, 0.25) is 0 Å². The summed E-state index contributed by atoms with van der Waals surface area (Å²) in [6, 6.07) is 0. The van der Waals surface area contributed by atoms with Crippen LogP contribution < -0.4 is 0 Å². The third kappa shape index (κ3) is 6.05. The molecule has 0 heterocycles. The Bertz CT molecular complexity index is 104. The summed E-state index contributed by atoms with van der Waals surface area (Å²) in [5.41, 5.74) is 0.